The fourth-order valence-corrected chi connectivity index (χ4v) is 2.45. The van der Waals surface area contributed by atoms with E-state index < -0.39 is 0 Å². The van der Waals surface area contributed by atoms with Crippen LogP contribution in [0.4, 0.5) is 0 Å². The summed E-state index contributed by atoms with van der Waals surface area (Å²) in [7, 11) is 0. The summed E-state index contributed by atoms with van der Waals surface area (Å²) in [5.74, 6) is 0.525. The highest BCUT2D eigenvalue weighted by Gasteiger charge is 2.09. The monoisotopic (exact) mass is 378 g/mol. The number of phenolic OH excluding ortho intramolecular Hbond substituents is 1. The summed E-state index contributed by atoms with van der Waals surface area (Å²) >= 11 is 2.14. The van der Waals surface area contributed by atoms with E-state index in [1.54, 1.807) is 12.1 Å². The molecule has 0 aliphatic rings. The molecule has 0 fully saturated rings. The zero-order chi connectivity index (χ0) is 13.9. The van der Waals surface area contributed by atoms with Crippen molar-refractivity contribution in [1.29, 1.82) is 0 Å². The van der Waals surface area contributed by atoms with Crippen LogP contribution in [0, 0.1) is 3.70 Å². The molecule has 0 amide bonds. The van der Waals surface area contributed by atoms with Crippen molar-refractivity contribution in [2.24, 2.45) is 0 Å². The molecule has 0 spiro atoms. The molecule has 3 aromatic rings. The number of hydrogen-bond donors (Lipinski definition) is 1. The summed E-state index contributed by atoms with van der Waals surface area (Å²) in [6, 6.07) is 13.2. The van der Waals surface area contributed by atoms with Crippen LogP contribution < -0.4 is 4.74 Å². The second-order valence-electron chi connectivity index (χ2n) is 4.28. The van der Waals surface area contributed by atoms with E-state index >= 15 is 0 Å². The van der Waals surface area contributed by atoms with Crippen LogP contribution in [0.3, 0.4) is 0 Å². The molecule has 0 saturated carbocycles. The fourth-order valence-electron chi connectivity index (χ4n) is 1.89. The lowest BCUT2D eigenvalue weighted by Gasteiger charge is -2.09. The van der Waals surface area contributed by atoms with Gasteiger partial charge in [0.2, 0.25) is 0 Å². The quantitative estimate of drug-likeness (QED) is 0.560. The number of benzene rings is 2. The standard InChI is InChI=1S/C15H11IN2O2/c16-15-11-6-14(13(19)7-12(11)17-9-18-15)20-8-10-4-2-1-3-5-10/h1-7,9,19H,8H2. The summed E-state index contributed by atoms with van der Waals surface area (Å²) in [6.45, 7) is 0.407. The van der Waals surface area contributed by atoms with Gasteiger partial charge in [-0.25, -0.2) is 9.97 Å². The predicted molar refractivity (Wildman–Crippen MR) is 84.7 cm³/mol. The number of rotatable bonds is 3. The number of nitrogens with zero attached hydrogens (tertiary/aromatic N) is 2. The lowest BCUT2D eigenvalue weighted by molar-refractivity contribution is 0.289. The van der Waals surface area contributed by atoms with Gasteiger partial charge in [0, 0.05) is 11.5 Å². The van der Waals surface area contributed by atoms with Crippen LogP contribution in [0.1, 0.15) is 5.56 Å². The van der Waals surface area contributed by atoms with Crippen molar-refractivity contribution >= 4 is 33.5 Å². The Morgan fingerprint density at radius 2 is 1.90 bits per heavy atom. The molecule has 100 valence electrons. The minimum atomic E-state index is 0.0860. The van der Waals surface area contributed by atoms with Crippen LogP contribution in [0.5, 0.6) is 11.5 Å². The number of aromatic nitrogens is 2. The van der Waals surface area contributed by atoms with Crippen LogP contribution in [0.25, 0.3) is 10.9 Å². The van der Waals surface area contributed by atoms with Crippen molar-refractivity contribution in [2.45, 2.75) is 6.61 Å². The molecule has 20 heavy (non-hydrogen) atoms. The molecule has 1 heterocycles. The summed E-state index contributed by atoms with van der Waals surface area (Å²) in [6.07, 6.45) is 1.48. The molecule has 0 radical (unpaired) electrons. The highest BCUT2D eigenvalue weighted by Crippen LogP contribution is 2.32. The van der Waals surface area contributed by atoms with Gasteiger partial charge in [-0.3, -0.25) is 0 Å². The SMILES string of the molecule is Oc1cc2ncnc(I)c2cc1OCc1ccccc1. The van der Waals surface area contributed by atoms with Crippen molar-refractivity contribution in [3.63, 3.8) is 0 Å². The van der Waals surface area contributed by atoms with E-state index in [-0.39, 0.29) is 5.75 Å². The molecule has 2 aromatic carbocycles. The Kier molecular flexibility index (Phi) is 3.68. The van der Waals surface area contributed by atoms with Gasteiger partial charge in [0.05, 0.1) is 5.52 Å². The Morgan fingerprint density at radius 3 is 2.70 bits per heavy atom. The molecule has 3 rings (SSSR count). The van der Waals surface area contributed by atoms with Crippen LogP contribution in [0.15, 0.2) is 48.8 Å². The van der Waals surface area contributed by atoms with Crippen LogP contribution in [-0.4, -0.2) is 15.1 Å². The minimum Gasteiger partial charge on any atom is -0.504 e. The van der Waals surface area contributed by atoms with Crippen molar-refractivity contribution in [2.75, 3.05) is 0 Å². The van der Waals surface area contributed by atoms with E-state index in [1.165, 1.54) is 6.33 Å². The largest absolute Gasteiger partial charge is 0.504 e. The lowest BCUT2D eigenvalue weighted by atomic mass is 10.2. The van der Waals surface area contributed by atoms with E-state index in [0.717, 1.165) is 14.7 Å². The molecule has 0 bridgehead atoms. The molecule has 4 nitrogen and oxygen atoms in total. The Balaban J connectivity index is 1.91. The van der Waals surface area contributed by atoms with Gasteiger partial charge in [-0.05, 0) is 34.2 Å². The molecule has 0 aliphatic heterocycles. The lowest BCUT2D eigenvalue weighted by Crippen LogP contribution is -1.96. The Hall–Kier alpha value is -1.89. The molecule has 1 N–H and O–H groups in total. The third kappa shape index (κ3) is 2.67. The molecule has 1 aromatic heterocycles. The molecule has 0 aliphatic carbocycles. The third-order valence-electron chi connectivity index (χ3n) is 2.90. The molecule has 0 saturated heterocycles. The first-order chi connectivity index (χ1) is 9.74. The second kappa shape index (κ2) is 5.62. The van der Waals surface area contributed by atoms with Gasteiger partial charge in [-0.1, -0.05) is 30.3 Å². The average molecular weight is 378 g/mol. The van der Waals surface area contributed by atoms with Crippen molar-refractivity contribution in [3.8, 4) is 11.5 Å². The summed E-state index contributed by atoms with van der Waals surface area (Å²) in [5.41, 5.74) is 1.75. The minimum absolute atomic E-state index is 0.0860. The van der Waals surface area contributed by atoms with Crippen molar-refractivity contribution in [3.05, 3.63) is 58.1 Å². The number of fused-ring (bicyclic) bond motifs is 1. The summed E-state index contributed by atoms with van der Waals surface area (Å²) < 4.78 is 6.51. The smallest absolute Gasteiger partial charge is 0.162 e. The van der Waals surface area contributed by atoms with Gasteiger partial charge >= 0.3 is 0 Å². The maximum atomic E-state index is 9.99. The van der Waals surface area contributed by atoms with Gasteiger partial charge in [0.25, 0.3) is 0 Å². The maximum absolute atomic E-state index is 9.99. The molecule has 0 atom stereocenters. The van der Waals surface area contributed by atoms with Gasteiger partial charge in [-0.15, -0.1) is 0 Å². The van der Waals surface area contributed by atoms with Gasteiger partial charge in [0.15, 0.2) is 11.5 Å². The summed E-state index contributed by atoms with van der Waals surface area (Å²) in [5, 5.41) is 10.9. The van der Waals surface area contributed by atoms with Crippen molar-refractivity contribution < 1.29 is 9.84 Å². The highest BCUT2D eigenvalue weighted by atomic mass is 127. The van der Waals surface area contributed by atoms with Crippen LogP contribution >= 0.6 is 22.6 Å². The topological polar surface area (TPSA) is 55.2 Å². The maximum Gasteiger partial charge on any atom is 0.162 e. The Morgan fingerprint density at radius 1 is 1.10 bits per heavy atom. The average Bonchev–Trinajstić information content (AvgIpc) is 2.47. The highest BCUT2D eigenvalue weighted by molar-refractivity contribution is 14.1. The van der Waals surface area contributed by atoms with E-state index in [0.29, 0.717) is 17.9 Å². The van der Waals surface area contributed by atoms with E-state index in [4.69, 9.17) is 4.74 Å². The number of ether oxygens (including phenoxy) is 1. The zero-order valence-electron chi connectivity index (χ0n) is 10.5. The molecule has 0 unspecified atom stereocenters. The number of phenols is 1. The molecular weight excluding hydrogens is 367 g/mol. The second-order valence-corrected chi connectivity index (χ2v) is 5.30. The summed E-state index contributed by atoms with van der Waals surface area (Å²) in [4.78, 5) is 8.27. The van der Waals surface area contributed by atoms with Gasteiger partial charge in [-0.2, -0.15) is 0 Å². The number of hydrogen-bond acceptors (Lipinski definition) is 4. The number of halogens is 1. The van der Waals surface area contributed by atoms with Crippen molar-refractivity contribution in [1.82, 2.24) is 9.97 Å². The van der Waals surface area contributed by atoms with E-state index in [9.17, 15) is 5.11 Å². The van der Waals surface area contributed by atoms with Crippen LogP contribution in [-0.2, 0) is 6.61 Å². The predicted octanol–water partition coefficient (Wildman–Crippen LogP) is 3.52. The van der Waals surface area contributed by atoms with Gasteiger partial charge in [0.1, 0.15) is 16.6 Å². The van der Waals surface area contributed by atoms with E-state index in [1.807, 2.05) is 30.3 Å². The first-order valence-corrected chi connectivity index (χ1v) is 7.12. The molecule has 5 heteroatoms. The fraction of sp³-hybridized carbons (Fsp3) is 0.0667. The van der Waals surface area contributed by atoms with E-state index in [2.05, 4.69) is 32.6 Å². The Bertz CT molecular complexity index is 747. The third-order valence-corrected chi connectivity index (χ3v) is 3.76. The zero-order valence-corrected chi connectivity index (χ0v) is 12.6. The first-order valence-electron chi connectivity index (χ1n) is 6.04. The normalized spacial score (nSPS) is 10.7. The number of aromatic hydroxyl groups is 1. The van der Waals surface area contributed by atoms with Crippen LogP contribution in [0.2, 0.25) is 0 Å². The Labute approximate surface area is 129 Å². The first kappa shape index (κ1) is 13.1. The van der Waals surface area contributed by atoms with Gasteiger partial charge < -0.3 is 9.84 Å². The molecular formula is C15H11IN2O2.